The van der Waals surface area contributed by atoms with Crippen molar-refractivity contribution in [1.29, 1.82) is 0 Å². The van der Waals surface area contributed by atoms with E-state index < -0.39 is 11.7 Å². The van der Waals surface area contributed by atoms with Gasteiger partial charge in [-0.15, -0.1) is 0 Å². The van der Waals surface area contributed by atoms with Gasteiger partial charge in [0.15, 0.2) is 11.5 Å². The molecule has 2 fully saturated rings. The minimum absolute atomic E-state index is 0.207. The maximum Gasteiger partial charge on any atom is 0.262 e. The first-order chi connectivity index (χ1) is 16.0. The second-order valence-corrected chi connectivity index (χ2v) is 8.89. The molecule has 0 bridgehead atoms. The van der Waals surface area contributed by atoms with E-state index in [1.165, 1.54) is 12.3 Å². The molecule has 3 aromatic rings. The van der Waals surface area contributed by atoms with Gasteiger partial charge in [0.25, 0.3) is 5.91 Å². The highest BCUT2D eigenvalue weighted by Crippen LogP contribution is 2.39. The van der Waals surface area contributed by atoms with Crippen molar-refractivity contribution in [2.24, 2.45) is 5.41 Å². The molecule has 1 amide bonds. The SMILES string of the molecule is CCOc1nc(N2CCC3(CCNCC3)C2)ncc1C(=O)Nc1cc(F)c2nc(C)cn2c1. The van der Waals surface area contributed by atoms with Gasteiger partial charge in [0.05, 0.1) is 18.0 Å². The monoisotopic (exact) mass is 453 g/mol. The normalized spacial score (nSPS) is 17.6. The van der Waals surface area contributed by atoms with Gasteiger partial charge in [0.1, 0.15) is 5.56 Å². The zero-order valence-corrected chi connectivity index (χ0v) is 18.9. The molecule has 2 aliphatic heterocycles. The Morgan fingerprint density at radius 1 is 1.27 bits per heavy atom. The van der Waals surface area contributed by atoms with E-state index in [9.17, 15) is 9.18 Å². The molecule has 0 saturated carbocycles. The summed E-state index contributed by atoms with van der Waals surface area (Å²) in [5.41, 5.74) is 1.73. The number of amides is 1. The average molecular weight is 454 g/mol. The van der Waals surface area contributed by atoms with E-state index in [0.717, 1.165) is 45.4 Å². The van der Waals surface area contributed by atoms with Crippen LogP contribution in [0.4, 0.5) is 16.0 Å². The lowest BCUT2D eigenvalue weighted by molar-refractivity contribution is 0.102. The van der Waals surface area contributed by atoms with Crippen LogP contribution in [0.3, 0.4) is 0 Å². The van der Waals surface area contributed by atoms with Crippen LogP contribution in [0, 0.1) is 18.2 Å². The van der Waals surface area contributed by atoms with Crippen LogP contribution in [0.15, 0.2) is 24.7 Å². The van der Waals surface area contributed by atoms with E-state index in [0.29, 0.717) is 29.4 Å². The summed E-state index contributed by atoms with van der Waals surface area (Å²) < 4.78 is 21.6. The van der Waals surface area contributed by atoms with Gasteiger partial charge in [-0.2, -0.15) is 4.98 Å². The minimum atomic E-state index is -0.515. The maximum absolute atomic E-state index is 14.4. The van der Waals surface area contributed by atoms with Gasteiger partial charge < -0.3 is 24.7 Å². The Labute approximate surface area is 191 Å². The minimum Gasteiger partial charge on any atom is -0.477 e. The quantitative estimate of drug-likeness (QED) is 0.613. The van der Waals surface area contributed by atoms with Crippen molar-refractivity contribution in [3.8, 4) is 5.88 Å². The molecule has 0 aromatic carbocycles. The number of carbonyl (C=O) groups is 1. The van der Waals surface area contributed by atoms with E-state index in [4.69, 9.17) is 4.74 Å². The molecule has 0 unspecified atom stereocenters. The number of piperidine rings is 1. The van der Waals surface area contributed by atoms with E-state index in [1.807, 2.05) is 6.92 Å². The lowest BCUT2D eigenvalue weighted by atomic mass is 9.78. The Morgan fingerprint density at radius 2 is 2.09 bits per heavy atom. The zero-order valence-electron chi connectivity index (χ0n) is 18.9. The molecule has 3 aromatic heterocycles. The number of hydrogen-bond donors (Lipinski definition) is 2. The highest BCUT2D eigenvalue weighted by molar-refractivity contribution is 6.05. The number of hydrogen-bond acceptors (Lipinski definition) is 7. The molecule has 0 aliphatic carbocycles. The summed E-state index contributed by atoms with van der Waals surface area (Å²) >= 11 is 0. The van der Waals surface area contributed by atoms with Gasteiger partial charge in [0, 0.05) is 37.7 Å². The number of fused-ring (bicyclic) bond motifs is 1. The van der Waals surface area contributed by atoms with Crippen molar-refractivity contribution in [2.45, 2.75) is 33.1 Å². The van der Waals surface area contributed by atoms with Gasteiger partial charge >= 0.3 is 0 Å². The van der Waals surface area contributed by atoms with E-state index in [1.54, 1.807) is 23.7 Å². The fourth-order valence-corrected chi connectivity index (χ4v) is 4.83. The number of pyridine rings is 1. The molecule has 1 spiro atoms. The van der Waals surface area contributed by atoms with Gasteiger partial charge in [-0.1, -0.05) is 0 Å². The lowest BCUT2D eigenvalue weighted by Gasteiger charge is -2.33. The van der Waals surface area contributed by atoms with Crippen LogP contribution in [0.2, 0.25) is 0 Å². The summed E-state index contributed by atoms with van der Waals surface area (Å²) in [5.74, 6) is -0.173. The molecular weight excluding hydrogens is 425 g/mol. The van der Waals surface area contributed by atoms with E-state index in [-0.39, 0.29) is 17.1 Å². The van der Waals surface area contributed by atoms with Crippen molar-refractivity contribution >= 4 is 23.2 Å². The maximum atomic E-state index is 14.4. The summed E-state index contributed by atoms with van der Waals surface area (Å²) in [6, 6.07) is 1.25. The number of aromatic nitrogens is 4. The fourth-order valence-electron chi connectivity index (χ4n) is 4.83. The third-order valence-electron chi connectivity index (χ3n) is 6.54. The van der Waals surface area contributed by atoms with Gasteiger partial charge in [-0.25, -0.2) is 14.4 Å². The third-order valence-corrected chi connectivity index (χ3v) is 6.54. The predicted octanol–water partition coefficient (Wildman–Crippen LogP) is 2.80. The largest absolute Gasteiger partial charge is 0.477 e. The summed E-state index contributed by atoms with van der Waals surface area (Å²) in [4.78, 5) is 28.4. The van der Waals surface area contributed by atoms with Crippen molar-refractivity contribution in [3.05, 3.63) is 41.7 Å². The standard InChI is InChI=1S/C23H28FN7O2/c1-3-33-21-17(20(32)28-16-10-18(24)19-27-15(2)12-31(19)13-16)11-26-22(29-21)30-9-6-23(14-30)4-7-25-8-5-23/h10-13,25H,3-9,14H2,1-2H3,(H,28,32). The second kappa shape index (κ2) is 8.58. The van der Waals surface area contributed by atoms with Crippen LogP contribution >= 0.6 is 0 Å². The number of ether oxygens (including phenoxy) is 1. The number of halogens is 1. The molecule has 174 valence electrons. The van der Waals surface area contributed by atoms with E-state index >= 15 is 0 Å². The first-order valence-electron chi connectivity index (χ1n) is 11.4. The van der Waals surface area contributed by atoms with Gasteiger partial charge in [-0.05, 0) is 51.6 Å². The van der Waals surface area contributed by atoms with Crippen molar-refractivity contribution in [2.75, 3.05) is 43.0 Å². The lowest BCUT2D eigenvalue weighted by Crippen LogP contribution is -2.39. The summed E-state index contributed by atoms with van der Waals surface area (Å²) in [5, 5.41) is 6.15. The highest BCUT2D eigenvalue weighted by Gasteiger charge is 2.40. The van der Waals surface area contributed by atoms with Crippen LogP contribution in [0.1, 0.15) is 42.2 Å². The Hall–Kier alpha value is -3.27. The second-order valence-electron chi connectivity index (χ2n) is 8.89. The number of rotatable bonds is 5. The van der Waals surface area contributed by atoms with Crippen LogP contribution in [0.25, 0.3) is 5.65 Å². The Kier molecular flexibility index (Phi) is 5.61. The first kappa shape index (κ1) is 21.6. The number of nitrogens with one attached hydrogen (secondary N) is 2. The molecule has 2 saturated heterocycles. The van der Waals surface area contributed by atoms with Gasteiger partial charge in [-0.3, -0.25) is 4.79 Å². The van der Waals surface area contributed by atoms with Crippen molar-refractivity contribution in [3.63, 3.8) is 0 Å². The highest BCUT2D eigenvalue weighted by atomic mass is 19.1. The Morgan fingerprint density at radius 3 is 2.88 bits per heavy atom. The smallest absolute Gasteiger partial charge is 0.262 e. The molecule has 9 nitrogen and oxygen atoms in total. The molecule has 33 heavy (non-hydrogen) atoms. The van der Waals surface area contributed by atoms with Crippen LogP contribution in [-0.2, 0) is 0 Å². The summed E-state index contributed by atoms with van der Waals surface area (Å²) in [6.07, 6.45) is 8.23. The summed E-state index contributed by atoms with van der Waals surface area (Å²) in [7, 11) is 0. The molecular formula is C23H28FN7O2. The molecule has 5 rings (SSSR count). The zero-order chi connectivity index (χ0) is 23.0. The molecule has 0 radical (unpaired) electrons. The molecule has 5 heterocycles. The fraction of sp³-hybridized carbons (Fsp3) is 0.478. The molecule has 10 heteroatoms. The average Bonchev–Trinajstić information content (AvgIpc) is 3.38. The van der Waals surface area contributed by atoms with Crippen LogP contribution in [-0.4, -0.2) is 58.0 Å². The van der Waals surface area contributed by atoms with E-state index in [2.05, 4.69) is 30.5 Å². The van der Waals surface area contributed by atoms with Crippen LogP contribution < -0.4 is 20.3 Å². The summed E-state index contributed by atoms with van der Waals surface area (Å²) in [6.45, 7) is 7.88. The number of aryl methyl sites for hydroxylation is 1. The third kappa shape index (κ3) is 4.22. The topological polar surface area (TPSA) is 96.7 Å². The number of carbonyl (C=O) groups excluding carboxylic acids is 1. The number of imidazole rings is 1. The predicted molar refractivity (Wildman–Crippen MR) is 122 cm³/mol. The first-order valence-corrected chi connectivity index (χ1v) is 11.4. The Bertz CT molecular complexity index is 1190. The van der Waals surface area contributed by atoms with Crippen molar-refractivity contribution in [1.82, 2.24) is 24.7 Å². The number of anilines is 2. The van der Waals surface area contributed by atoms with Crippen LogP contribution in [0.5, 0.6) is 5.88 Å². The molecule has 0 atom stereocenters. The molecule has 2 aliphatic rings. The van der Waals surface area contributed by atoms with Crippen molar-refractivity contribution < 1.29 is 13.9 Å². The van der Waals surface area contributed by atoms with Gasteiger partial charge in [0.2, 0.25) is 11.8 Å². The molecule has 2 N–H and O–H groups in total. The Balaban J connectivity index is 1.37. The number of nitrogens with zero attached hydrogens (tertiary/aromatic N) is 5.